The molecular weight excluding hydrogens is 523 g/mol. The molecule has 0 aromatic rings. The lowest BCUT2D eigenvalue weighted by Gasteiger charge is -2.42. The number of carbonyl (C=O) groups excluding carboxylic acids is 2. The normalized spacial score (nSPS) is 20.4. The number of ketones is 2. The SMILES string of the molecule is O=C1CCCC1C(=O)C(F)(F)C(F)(F)C(F)(F)C(F)(F)C(F)(F)C(F)(F)C(F)(F)C(F)(F)F. The van der Waals surface area contributed by atoms with Gasteiger partial charge in [0.15, 0.2) is 0 Å². The van der Waals surface area contributed by atoms with E-state index in [0.29, 0.717) is 0 Å². The van der Waals surface area contributed by atoms with Crippen molar-refractivity contribution in [2.75, 3.05) is 0 Å². The summed E-state index contributed by atoms with van der Waals surface area (Å²) in [5.41, 5.74) is 0. The highest BCUT2D eigenvalue weighted by Crippen LogP contribution is 2.64. The van der Waals surface area contributed by atoms with E-state index >= 15 is 0 Å². The van der Waals surface area contributed by atoms with E-state index in [1.807, 2.05) is 0 Å². The van der Waals surface area contributed by atoms with Crippen molar-refractivity contribution in [1.82, 2.24) is 0 Å². The lowest BCUT2D eigenvalue weighted by Crippen LogP contribution is -2.75. The molecule has 2 nitrogen and oxygen atoms in total. The van der Waals surface area contributed by atoms with Crippen molar-refractivity contribution in [2.24, 2.45) is 5.92 Å². The number of hydrogen-bond acceptors (Lipinski definition) is 2. The number of rotatable bonds is 8. The molecule has 0 aliphatic heterocycles. The largest absolute Gasteiger partial charge is 0.460 e. The fourth-order valence-corrected chi connectivity index (χ4v) is 2.63. The van der Waals surface area contributed by atoms with Crippen LogP contribution in [-0.4, -0.2) is 59.2 Å². The number of alkyl halides is 17. The van der Waals surface area contributed by atoms with Crippen LogP contribution in [-0.2, 0) is 9.59 Å². The molecule has 19 heteroatoms. The second kappa shape index (κ2) is 7.58. The van der Waals surface area contributed by atoms with Gasteiger partial charge >= 0.3 is 47.6 Å². The molecule has 0 bridgehead atoms. The maximum Gasteiger partial charge on any atom is 0.460 e. The second-order valence-corrected chi connectivity index (χ2v) is 6.79. The molecule has 1 saturated carbocycles. The van der Waals surface area contributed by atoms with Gasteiger partial charge in [0.25, 0.3) is 0 Å². The van der Waals surface area contributed by atoms with Gasteiger partial charge in [0, 0.05) is 6.42 Å². The number of halogens is 17. The zero-order chi connectivity index (χ0) is 26.9. The lowest BCUT2D eigenvalue weighted by atomic mass is 9.85. The van der Waals surface area contributed by atoms with E-state index in [1.165, 1.54) is 0 Å². The summed E-state index contributed by atoms with van der Waals surface area (Å²) >= 11 is 0. The van der Waals surface area contributed by atoms with Gasteiger partial charge in [-0.1, -0.05) is 0 Å². The molecule has 0 aromatic heterocycles. The Labute approximate surface area is 170 Å². The average molecular weight is 530 g/mol. The second-order valence-electron chi connectivity index (χ2n) is 6.79. The summed E-state index contributed by atoms with van der Waals surface area (Å²) < 4.78 is 223. The predicted octanol–water partition coefficient (Wildman–Crippen LogP) is 5.93. The Kier molecular flexibility index (Phi) is 6.70. The summed E-state index contributed by atoms with van der Waals surface area (Å²) in [5, 5.41) is 0. The third kappa shape index (κ3) is 3.63. The van der Waals surface area contributed by atoms with Crippen LogP contribution in [0.2, 0.25) is 0 Å². The Morgan fingerprint density at radius 1 is 0.576 bits per heavy atom. The van der Waals surface area contributed by atoms with Gasteiger partial charge in [0.1, 0.15) is 5.78 Å². The molecule has 0 amide bonds. The molecule has 1 aliphatic carbocycles. The van der Waals surface area contributed by atoms with Gasteiger partial charge in [0.05, 0.1) is 5.92 Å². The van der Waals surface area contributed by atoms with Crippen LogP contribution >= 0.6 is 0 Å². The van der Waals surface area contributed by atoms with Crippen LogP contribution in [0.15, 0.2) is 0 Å². The molecule has 0 heterocycles. The van der Waals surface area contributed by atoms with Crippen LogP contribution in [0, 0.1) is 5.92 Å². The molecule has 1 fully saturated rings. The van der Waals surface area contributed by atoms with Crippen molar-refractivity contribution in [3.8, 4) is 0 Å². The van der Waals surface area contributed by atoms with Crippen LogP contribution in [0.3, 0.4) is 0 Å². The highest BCUT2D eigenvalue weighted by molar-refractivity contribution is 6.07. The van der Waals surface area contributed by atoms with Crippen molar-refractivity contribution >= 4 is 11.6 Å². The molecule has 0 saturated heterocycles. The molecule has 0 radical (unpaired) electrons. The van der Waals surface area contributed by atoms with Crippen molar-refractivity contribution in [1.29, 1.82) is 0 Å². The van der Waals surface area contributed by atoms with Crippen LogP contribution in [0.5, 0.6) is 0 Å². The first-order valence-corrected chi connectivity index (χ1v) is 7.96. The summed E-state index contributed by atoms with van der Waals surface area (Å²) in [6.07, 6.45) is -10.1. The third-order valence-electron chi connectivity index (χ3n) is 4.65. The topological polar surface area (TPSA) is 34.1 Å². The number of hydrogen-bond donors (Lipinski definition) is 0. The number of Topliss-reactive ketones (excluding diaryl/α,β-unsaturated/α-hetero) is 2. The predicted molar refractivity (Wildman–Crippen MR) is 68.0 cm³/mol. The smallest absolute Gasteiger partial charge is 0.299 e. The van der Waals surface area contributed by atoms with E-state index in [0.717, 1.165) is 0 Å². The monoisotopic (exact) mass is 530 g/mol. The van der Waals surface area contributed by atoms with Gasteiger partial charge in [-0.3, -0.25) is 9.59 Å². The molecule has 1 unspecified atom stereocenters. The highest BCUT2D eigenvalue weighted by atomic mass is 19.4. The van der Waals surface area contributed by atoms with E-state index < -0.39 is 84.4 Å². The van der Waals surface area contributed by atoms with E-state index in [-0.39, 0.29) is 0 Å². The Morgan fingerprint density at radius 3 is 1.21 bits per heavy atom. The maximum absolute atomic E-state index is 13.7. The van der Waals surface area contributed by atoms with Crippen LogP contribution in [0.25, 0.3) is 0 Å². The summed E-state index contributed by atoms with van der Waals surface area (Å²) in [6.45, 7) is 0. The zero-order valence-electron chi connectivity index (χ0n) is 14.9. The van der Waals surface area contributed by atoms with Crippen LogP contribution in [0.4, 0.5) is 74.6 Å². The first-order chi connectivity index (χ1) is 14.2. The summed E-state index contributed by atoms with van der Waals surface area (Å²) in [5.74, 6) is -66.1. The van der Waals surface area contributed by atoms with Crippen molar-refractivity contribution < 1.29 is 84.2 Å². The molecule has 0 N–H and O–H groups in total. The van der Waals surface area contributed by atoms with Crippen molar-refractivity contribution in [2.45, 2.75) is 66.9 Å². The Hall–Kier alpha value is -1.85. The van der Waals surface area contributed by atoms with E-state index in [9.17, 15) is 84.2 Å². The van der Waals surface area contributed by atoms with Gasteiger partial charge in [0.2, 0.25) is 5.78 Å². The first-order valence-electron chi connectivity index (χ1n) is 7.96. The molecular formula is C14H7F17O2. The first kappa shape index (κ1) is 29.2. The average Bonchev–Trinajstić information content (AvgIpc) is 3.04. The zero-order valence-corrected chi connectivity index (χ0v) is 14.9. The standard InChI is InChI=1S/C14H7F17O2/c15-7(16,6(33)4-2-1-3-5(4)32)8(17,18)9(19,20)10(21,22)11(23,24)12(25,26)13(27,28)14(29,30)31/h4H,1-3H2. The minimum absolute atomic E-state index is 0.472. The van der Waals surface area contributed by atoms with Gasteiger partial charge in [-0.2, -0.15) is 74.6 Å². The number of carbonyl (C=O) groups is 2. The molecule has 0 spiro atoms. The summed E-state index contributed by atoms with van der Waals surface area (Å²) in [6, 6.07) is 0. The fourth-order valence-electron chi connectivity index (χ4n) is 2.63. The Bertz CT molecular complexity index is 794. The fraction of sp³-hybridized carbons (Fsp3) is 0.857. The minimum Gasteiger partial charge on any atom is -0.299 e. The van der Waals surface area contributed by atoms with E-state index in [2.05, 4.69) is 0 Å². The summed E-state index contributed by atoms with van der Waals surface area (Å²) in [7, 11) is 0. The Balaban J connectivity index is 3.63. The molecule has 1 atom stereocenters. The van der Waals surface area contributed by atoms with E-state index in [4.69, 9.17) is 0 Å². The van der Waals surface area contributed by atoms with Gasteiger partial charge in [-0.25, -0.2) is 0 Å². The Morgan fingerprint density at radius 2 is 0.909 bits per heavy atom. The maximum atomic E-state index is 13.7. The quantitative estimate of drug-likeness (QED) is 0.288. The third-order valence-corrected chi connectivity index (χ3v) is 4.65. The molecule has 1 rings (SSSR count). The molecule has 33 heavy (non-hydrogen) atoms. The van der Waals surface area contributed by atoms with Crippen LogP contribution < -0.4 is 0 Å². The van der Waals surface area contributed by atoms with Gasteiger partial charge in [-0.15, -0.1) is 0 Å². The van der Waals surface area contributed by atoms with Gasteiger partial charge in [-0.05, 0) is 12.8 Å². The lowest BCUT2D eigenvalue weighted by molar-refractivity contribution is -0.459. The minimum atomic E-state index is -8.76. The molecule has 1 aliphatic rings. The highest BCUT2D eigenvalue weighted by Gasteiger charge is 2.95. The van der Waals surface area contributed by atoms with Crippen molar-refractivity contribution in [3.05, 3.63) is 0 Å². The summed E-state index contributed by atoms with van der Waals surface area (Å²) in [4.78, 5) is 22.6. The van der Waals surface area contributed by atoms with Crippen molar-refractivity contribution in [3.63, 3.8) is 0 Å². The van der Waals surface area contributed by atoms with E-state index in [1.54, 1.807) is 0 Å². The molecule has 194 valence electrons. The molecule has 0 aromatic carbocycles. The van der Waals surface area contributed by atoms with Crippen LogP contribution in [0.1, 0.15) is 19.3 Å². The van der Waals surface area contributed by atoms with Gasteiger partial charge < -0.3 is 0 Å².